The van der Waals surface area contributed by atoms with E-state index >= 15 is 0 Å². The second kappa shape index (κ2) is 7.41. The fourth-order valence-corrected chi connectivity index (χ4v) is 3.07. The topological polar surface area (TPSA) is 28.2 Å². The first-order chi connectivity index (χ1) is 8.34. The lowest BCUT2D eigenvalue weighted by molar-refractivity contribution is 0.185. The Kier molecular flexibility index (Phi) is 6.50. The molecule has 106 valence electrons. The molecule has 2 heterocycles. The Labute approximate surface area is 130 Å². The number of hydrogen-bond donors (Lipinski definition) is 1. The molecule has 3 rings (SSSR count). The van der Waals surface area contributed by atoms with Crippen LogP contribution in [0.25, 0.3) is 10.2 Å². The molecule has 1 aliphatic rings. The van der Waals surface area contributed by atoms with E-state index in [0.717, 1.165) is 31.7 Å². The molecule has 1 N–H and O–H groups in total. The first-order valence-electron chi connectivity index (χ1n) is 6.12. The van der Waals surface area contributed by atoms with Crippen molar-refractivity contribution in [1.29, 1.82) is 0 Å². The highest BCUT2D eigenvalue weighted by atomic mass is 35.5. The van der Waals surface area contributed by atoms with E-state index in [1.165, 1.54) is 10.3 Å². The predicted molar refractivity (Wildman–Crippen MR) is 87.0 cm³/mol. The molecule has 1 saturated heterocycles. The van der Waals surface area contributed by atoms with Gasteiger partial charge in [-0.3, -0.25) is 4.90 Å². The van der Waals surface area contributed by atoms with E-state index in [-0.39, 0.29) is 24.8 Å². The van der Waals surface area contributed by atoms with Crippen molar-refractivity contribution in [1.82, 2.24) is 15.2 Å². The third-order valence-electron chi connectivity index (χ3n) is 3.54. The molecule has 1 aromatic heterocycles. The third-order valence-corrected chi connectivity index (χ3v) is 4.35. The second-order valence-electron chi connectivity index (χ2n) is 4.54. The van der Waals surface area contributed by atoms with Crippen LogP contribution in [0.3, 0.4) is 0 Å². The minimum atomic E-state index is 0. The standard InChI is InChI=1S/C13H17N3S.2ClH/c1-10(16-6-4-14-5-7-16)11-2-3-13-12(8-11)15-9-17-13;;/h2-3,8-10,14H,4-7H2,1H3;2*1H. The average Bonchev–Trinajstić information content (AvgIpc) is 2.86. The molecule has 2 aromatic rings. The summed E-state index contributed by atoms with van der Waals surface area (Å²) in [5.74, 6) is 0. The molecule has 0 radical (unpaired) electrons. The number of hydrogen-bond acceptors (Lipinski definition) is 4. The number of thiazole rings is 1. The van der Waals surface area contributed by atoms with Gasteiger partial charge in [0.2, 0.25) is 0 Å². The number of benzene rings is 1. The van der Waals surface area contributed by atoms with Crippen molar-refractivity contribution in [2.24, 2.45) is 0 Å². The first-order valence-corrected chi connectivity index (χ1v) is 7.00. The van der Waals surface area contributed by atoms with Crippen LogP contribution in [0.15, 0.2) is 23.7 Å². The molecule has 19 heavy (non-hydrogen) atoms. The molecule has 0 amide bonds. The van der Waals surface area contributed by atoms with Crippen molar-refractivity contribution in [3.8, 4) is 0 Å². The predicted octanol–water partition coefficient (Wildman–Crippen LogP) is 3.11. The zero-order valence-electron chi connectivity index (χ0n) is 10.8. The summed E-state index contributed by atoms with van der Waals surface area (Å²) in [7, 11) is 0. The van der Waals surface area contributed by atoms with Gasteiger partial charge in [-0.15, -0.1) is 36.2 Å². The van der Waals surface area contributed by atoms with Crippen molar-refractivity contribution in [2.75, 3.05) is 26.2 Å². The summed E-state index contributed by atoms with van der Waals surface area (Å²) < 4.78 is 1.28. The Morgan fingerprint density at radius 2 is 2.00 bits per heavy atom. The maximum atomic E-state index is 4.39. The van der Waals surface area contributed by atoms with Gasteiger partial charge in [0, 0.05) is 32.2 Å². The first kappa shape index (κ1) is 16.7. The average molecular weight is 320 g/mol. The number of halogens is 2. The maximum absolute atomic E-state index is 4.39. The van der Waals surface area contributed by atoms with E-state index in [0.29, 0.717) is 6.04 Å². The van der Waals surface area contributed by atoms with E-state index in [9.17, 15) is 0 Å². The van der Waals surface area contributed by atoms with Crippen LogP contribution in [-0.2, 0) is 0 Å². The Hall–Kier alpha value is -0.390. The van der Waals surface area contributed by atoms with Crippen LogP contribution in [0, 0.1) is 0 Å². The van der Waals surface area contributed by atoms with Crippen LogP contribution in [0.4, 0.5) is 0 Å². The number of piperazine rings is 1. The van der Waals surface area contributed by atoms with Crippen molar-refractivity contribution >= 4 is 46.4 Å². The maximum Gasteiger partial charge on any atom is 0.0815 e. The van der Waals surface area contributed by atoms with Gasteiger partial charge in [-0.25, -0.2) is 4.98 Å². The summed E-state index contributed by atoms with van der Waals surface area (Å²) in [6.45, 7) is 6.76. The van der Waals surface area contributed by atoms with Gasteiger partial charge in [-0.1, -0.05) is 6.07 Å². The van der Waals surface area contributed by atoms with Gasteiger partial charge in [0.1, 0.15) is 0 Å². The number of nitrogens with zero attached hydrogens (tertiary/aromatic N) is 2. The Bertz CT molecular complexity index is 511. The zero-order valence-corrected chi connectivity index (χ0v) is 13.3. The molecule has 0 spiro atoms. The minimum Gasteiger partial charge on any atom is -0.314 e. The lowest BCUT2D eigenvalue weighted by Crippen LogP contribution is -2.44. The third kappa shape index (κ3) is 3.58. The number of nitrogens with one attached hydrogen (secondary N) is 1. The van der Waals surface area contributed by atoms with Gasteiger partial charge >= 0.3 is 0 Å². The highest BCUT2D eigenvalue weighted by molar-refractivity contribution is 7.16. The van der Waals surface area contributed by atoms with Gasteiger partial charge < -0.3 is 5.32 Å². The largest absolute Gasteiger partial charge is 0.314 e. The lowest BCUT2D eigenvalue weighted by atomic mass is 10.1. The monoisotopic (exact) mass is 319 g/mol. The van der Waals surface area contributed by atoms with Gasteiger partial charge in [0.05, 0.1) is 15.7 Å². The summed E-state index contributed by atoms with van der Waals surface area (Å²) >= 11 is 1.71. The molecule has 0 saturated carbocycles. The van der Waals surface area contributed by atoms with Crippen LogP contribution in [0.1, 0.15) is 18.5 Å². The Morgan fingerprint density at radius 1 is 1.26 bits per heavy atom. The molecule has 1 fully saturated rings. The fraction of sp³-hybridized carbons (Fsp3) is 0.462. The number of fused-ring (bicyclic) bond motifs is 1. The molecular formula is C13H19Cl2N3S. The summed E-state index contributed by atoms with van der Waals surface area (Å²) in [5.41, 5.74) is 4.43. The number of rotatable bonds is 2. The van der Waals surface area contributed by atoms with Crippen LogP contribution in [0.5, 0.6) is 0 Å². The normalized spacial score (nSPS) is 17.5. The zero-order chi connectivity index (χ0) is 11.7. The van der Waals surface area contributed by atoms with Crippen molar-refractivity contribution in [3.63, 3.8) is 0 Å². The quantitative estimate of drug-likeness (QED) is 0.921. The smallest absolute Gasteiger partial charge is 0.0815 e. The van der Waals surface area contributed by atoms with Crippen molar-refractivity contribution < 1.29 is 0 Å². The van der Waals surface area contributed by atoms with Gasteiger partial charge in [-0.2, -0.15) is 0 Å². The number of aromatic nitrogens is 1. The van der Waals surface area contributed by atoms with Crippen molar-refractivity contribution in [3.05, 3.63) is 29.3 Å². The lowest BCUT2D eigenvalue weighted by Gasteiger charge is -2.33. The summed E-state index contributed by atoms with van der Waals surface area (Å²) in [6.07, 6.45) is 0. The SMILES string of the molecule is CC(c1ccc2scnc2c1)N1CCNCC1.Cl.Cl. The molecule has 6 heteroatoms. The fourth-order valence-electron chi connectivity index (χ4n) is 2.41. The van der Waals surface area contributed by atoms with Gasteiger partial charge in [0.25, 0.3) is 0 Å². The van der Waals surface area contributed by atoms with Crippen LogP contribution in [0.2, 0.25) is 0 Å². The molecule has 3 nitrogen and oxygen atoms in total. The molecular weight excluding hydrogens is 301 g/mol. The van der Waals surface area contributed by atoms with Crippen LogP contribution in [-0.4, -0.2) is 36.1 Å². The van der Waals surface area contributed by atoms with Crippen molar-refractivity contribution in [2.45, 2.75) is 13.0 Å². The van der Waals surface area contributed by atoms with E-state index < -0.39 is 0 Å². The highest BCUT2D eigenvalue weighted by Crippen LogP contribution is 2.25. The van der Waals surface area contributed by atoms with E-state index in [4.69, 9.17) is 0 Å². The molecule has 0 bridgehead atoms. The summed E-state index contributed by atoms with van der Waals surface area (Å²) in [4.78, 5) is 6.93. The summed E-state index contributed by atoms with van der Waals surface area (Å²) in [5, 5.41) is 3.39. The van der Waals surface area contributed by atoms with Crippen LogP contribution < -0.4 is 5.32 Å². The van der Waals surface area contributed by atoms with Crippen LogP contribution >= 0.6 is 36.2 Å². The van der Waals surface area contributed by atoms with E-state index in [2.05, 4.69) is 40.3 Å². The Morgan fingerprint density at radius 3 is 2.74 bits per heavy atom. The second-order valence-corrected chi connectivity index (χ2v) is 5.43. The molecule has 1 aliphatic heterocycles. The van der Waals surface area contributed by atoms with E-state index in [1.807, 2.05) is 5.51 Å². The molecule has 1 atom stereocenters. The molecule has 1 unspecified atom stereocenters. The Balaban J connectivity index is 0.000000902. The van der Waals surface area contributed by atoms with Gasteiger partial charge in [0.15, 0.2) is 0 Å². The molecule has 0 aliphatic carbocycles. The van der Waals surface area contributed by atoms with Gasteiger partial charge in [-0.05, 0) is 24.6 Å². The van der Waals surface area contributed by atoms with E-state index in [1.54, 1.807) is 11.3 Å². The molecule has 1 aromatic carbocycles. The summed E-state index contributed by atoms with van der Waals surface area (Å²) in [6, 6.07) is 7.16. The minimum absolute atomic E-state index is 0. The highest BCUT2D eigenvalue weighted by Gasteiger charge is 2.18.